The zero-order valence-electron chi connectivity index (χ0n) is 11.6. The van der Waals surface area contributed by atoms with E-state index < -0.39 is 0 Å². The van der Waals surface area contributed by atoms with E-state index >= 15 is 0 Å². The van der Waals surface area contributed by atoms with Gasteiger partial charge in [0.1, 0.15) is 5.75 Å². The lowest BCUT2D eigenvalue weighted by atomic mass is 10.1. The van der Waals surface area contributed by atoms with Crippen LogP contribution in [0.15, 0.2) is 42.5 Å². The first-order valence-corrected chi connectivity index (χ1v) is 6.37. The Labute approximate surface area is 114 Å². The average molecular weight is 256 g/mol. The number of phenols is 1. The molecule has 0 radical (unpaired) electrons. The number of phenolic OH excluding ortho intramolecular Hbond substituents is 1. The monoisotopic (exact) mass is 256 g/mol. The Balaban J connectivity index is 2.17. The zero-order valence-corrected chi connectivity index (χ0v) is 11.6. The Bertz CT molecular complexity index is 564. The maximum Gasteiger partial charge on any atom is 0.123 e. The van der Waals surface area contributed by atoms with Crippen LogP contribution >= 0.6 is 0 Å². The van der Waals surface area contributed by atoms with Gasteiger partial charge >= 0.3 is 0 Å². The topological polar surface area (TPSA) is 35.5 Å². The van der Waals surface area contributed by atoms with Gasteiger partial charge in [0.15, 0.2) is 0 Å². The Morgan fingerprint density at radius 3 is 2.53 bits per heavy atom. The van der Waals surface area contributed by atoms with E-state index in [0.717, 1.165) is 22.5 Å². The van der Waals surface area contributed by atoms with Crippen LogP contribution in [0.5, 0.6) is 5.75 Å². The molecule has 2 aromatic rings. The minimum Gasteiger partial charge on any atom is -0.507 e. The highest BCUT2D eigenvalue weighted by Crippen LogP contribution is 2.26. The number of aryl methyl sites for hydroxylation is 1. The summed E-state index contributed by atoms with van der Waals surface area (Å²) in [7, 11) is 4.04. The van der Waals surface area contributed by atoms with Crippen LogP contribution < -0.4 is 10.2 Å². The molecule has 0 bridgehead atoms. The standard InChI is InChI=1S/C16H20N2O/c1-12-7-6-8-13(16(12)19)11-17-14-9-4-5-10-15(14)18(2)3/h4-10,17,19H,11H2,1-3H3. The SMILES string of the molecule is Cc1cccc(CNc2ccccc2N(C)C)c1O. The predicted molar refractivity (Wildman–Crippen MR) is 80.9 cm³/mol. The van der Waals surface area contributed by atoms with Crippen LogP contribution in [0, 0.1) is 6.92 Å². The summed E-state index contributed by atoms with van der Waals surface area (Å²) in [5, 5.41) is 13.4. The third-order valence-electron chi connectivity index (χ3n) is 3.18. The van der Waals surface area contributed by atoms with E-state index in [1.165, 1.54) is 0 Å². The molecule has 0 aromatic heterocycles. The number of rotatable bonds is 4. The van der Waals surface area contributed by atoms with Gasteiger partial charge in [-0.2, -0.15) is 0 Å². The molecule has 0 spiro atoms. The second kappa shape index (κ2) is 5.65. The van der Waals surface area contributed by atoms with Gasteiger partial charge in [-0.25, -0.2) is 0 Å². The Kier molecular flexibility index (Phi) is 3.95. The molecule has 3 heteroatoms. The van der Waals surface area contributed by atoms with E-state index in [9.17, 15) is 5.11 Å². The number of hydrogen-bond acceptors (Lipinski definition) is 3. The van der Waals surface area contributed by atoms with Crippen molar-refractivity contribution in [1.29, 1.82) is 0 Å². The molecule has 0 atom stereocenters. The molecule has 0 aliphatic carbocycles. The van der Waals surface area contributed by atoms with E-state index in [2.05, 4.69) is 16.3 Å². The van der Waals surface area contributed by atoms with E-state index in [0.29, 0.717) is 12.3 Å². The molecule has 2 aromatic carbocycles. The van der Waals surface area contributed by atoms with Crippen molar-refractivity contribution in [3.8, 4) is 5.75 Å². The molecular weight excluding hydrogens is 236 g/mol. The fourth-order valence-electron chi connectivity index (χ4n) is 2.07. The van der Waals surface area contributed by atoms with E-state index in [1.54, 1.807) is 0 Å². The maximum atomic E-state index is 10.0. The number of anilines is 2. The molecule has 0 amide bonds. The second-order valence-electron chi connectivity index (χ2n) is 4.85. The molecule has 0 aliphatic rings. The largest absolute Gasteiger partial charge is 0.507 e. The number of para-hydroxylation sites is 3. The van der Waals surface area contributed by atoms with Gasteiger partial charge in [0, 0.05) is 26.2 Å². The Morgan fingerprint density at radius 2 is 1.79 bits per heavy atom. The number of nitrogens with one attached hydrogen (secondary N) is 1. The summed E-state index contributed by atoms with van der Waals surface area (Å²) >= 11 is 0. The number of hydrogen-bond donors (Lipinski definition) is 2. The van der Waals surface area contributed by atoms with E-state index in [-0.39, 0.29) is 0 Å². The van der Waals surface area contributed by atoms with Crippen molar-refractivity contribution in [3.63, 3.8) is 0 Å². The van der Waals surface area contributed by atoms with Gasteiger partial charge in [-0.1, -0.05) is 30.3 Å². The summed E-state index contributed by atoms with van der Waals surface area (Å²) in [4.78, 5) is 2.07. The molecule has 0 heterocycles. The van der Waals surface area contributed by atoms with Gasteiger partial charge < -0.3 is 15.3 Å². The number of benzene rings is 2. The first kappa shape index (κ1) is 13.3. The van der Waals surface area contributed by atoms with Crippen molar-refractivity contribution in [3.05, 3.63) is 53.6 Å². The van der Waals surface area contributed by atoms with E-state index in [4.69, 9.17) is 0 Å². The molecule has 19 heavy (non-hydrogen) atoms. The molecule has 0 fully saturated rings. The van der Waals surface area contributed by atoms with Crippen LogP contribution in [0.3, 0.4) is 0 Å². The summed E-state index contributed by atoms with van der Waals surface area (Å²) in [6.07, 6.45) is 0. The normalized spacial score (nSPS) is 10.3. The first-order chi connectivity index (χ1) is 9.09. The molecule has 0 unspecified atom stereocenters. The van der Waals surface area contributed by atoms with Crippen molar-refractivity contribution in [2.24, 2.45) is 0 Å². The highest BCUT2D eigenvalue weighted by molar-refractivity contribution is 5.69. The van der Waals surface area contributed by atoms with Crippen molar-refractivity contribution in [2.75, 3.05) is 24.3 Å². The van der Waals surface area contributed by atoms with Crippen molar-refractivity contribution in [1.82, 2.24) is 0 Å². The third kappa shape index (κ3) is 2.99. The Morgan fingerprint density at radius 1 is 1.05 bits per heavy atom. The molecule has 0 saturated carbocycles. The molecule has 0 saturated heterocycles. The zero-order chi connectivity index (χ0) is 13.8. The molecule has 2 rings (SSSR count). The fraction of sp³-hybridized carbons (Fsp3) is 0.250. The fourth-order valence-corrected chi connectivity index (χ4v) is 2.07. The summed E-state index contributed by atoms with van der Waals surface area (Å²) in [6.45, 7) is 2.52. The van der Waals surface area contributed by atoms with Gasteiger partial charge in [-0.3, -0.25) is 0 Å². The van der Waals surface area contributed by atoms with Crippen LogP contribution in [-0.2, 0) is 6.54 Å². The van der Waals surface area contributed by atoms with Crippen molar-refractivity contribution >= 4 is 11.4 Å². The van der Waals surface area contributed by atoms with Crippen LogP contribution in [0.25, 0.3) is 0 Å². The summed E-state index contributed by atoms with van der Waals surface area (Å²) < 4.78 is 0. The van der Waals surface area contributed by atoms with Crippen LogP contribution in [0.4, 0.5) is 11.4 Å². The third-order valence-corrected chi connectivity index (χ3v) is 3.18. The highest BCUT2D eigenvalue weighted by atomic mass is 16.3. The number of aromatic hydroxyl groups is 1. The van der Waals surface area contributed by atoms with Crippen molar-refractivity contribution < 1.29 is 5.11 Å². The van der Waals surface area contributed by atoms with Gasteiger partial charge in [0.05, 0.1) is 11.4 Å². The number of nitrogens with zero attached hydrogens (tertiary/aromatic N) is 1. The first-order valence-electron chi connectivity index (χ1n) is 6.37. The Hall–Kier alpha value is -2.16. The molecular formula is C16H20N2O. The lowest BCUT2D eigenvalue weighted by molar-refractivity contribution is 0.465. The van der Waals surface area contributed by atoms with Gasteiger partial charge in [-0.05, 0) is 24.6 Å². The van der Waals surface area contributed by atoms with E-state index in [1.807, 2.05) is 57.4 Å². The molecule has 2 N–H and O–H groups in total. The summed E-state index contributed by atoms with van der Waals surface area (Å²) in [6, 6.07) is 13.9. The van der Waals surface area contributed by atoms with Gasteiger partial charge in [0.2, 0.25) is 0 Å². The summed E-state index contributed by atoms with van der Waals surface area (Å²) in [5.74, 6) is 0.373. The van der Waals surface area contributed by atoms with Crippen LogP contribution in [-0.4, -0.2) is 19.2 Å². The minimum atomic E-state index is 0.373. The summed E-state index contributed by atoms with van der Waals surface area (Å²) in [5.41, 5.74) is 4.01. The second-order valence-corrected chi connectivity index (χ2v) is 4.85. The lowest BCUT2D eigenvalue weighted by Gasteiger charge is -2.18. The van der Waals surface area contributed by atoms with Crippen LogP contribution in [0.2, 0.25) is 0 Å². The van der Waals surface area contributed by atoms with Crippen LogP contribution in [0.1, 0.15) is 11.1 Å². The van der Waals surface area contributed by atoms with Crippen molar-refractivity contribution in [2.45, 2.75) is 13.5 Å². The quantitative estimate of drug-likeness (QED) is 0.880. The highest BCUT2D eigenvalue weighted by Gasteiger charge is 2.06. The lowest BCUT2D eigenvalue weighted by Crippen LogP contribution is -2.12. The molecule has 0 aliphatic heterocycles. The maximum absolute atomic E-state index is 10.0. The molecule has 100 valence electrons. The molecule has 3 nitrogen and oxygen atoms in total. The van der Waals surface area contributed by atoms with Gasteiger partial charge in [-0.15, -0.1) is 0 Å². The smallest absolute Gasteiger partial charge is 0.123 e. The minimum absolute atomic E-state index is 0.373. The predicted octanol–water partition coefficient (Wildman–Crippen LogP) is 3.38. The van der Waals surface area contributed by atoms with Gasteiger partial charge in [0.25, 0.3) is 0 Å². The average Bonchev–Trinajstić information content (AvgIpc) is 2.40.